The first kappa shape index (κ1) is 14.5. The molecule has 0 spiro atoms. The Balaban J connectivity index is 2.19. The molecule has 1 amide bonds. The first-order valence-electron chi connectivity index (χ1n) is 6.83. The number of carboxylic acids is 1. The van der Waals surface area contributed by atoms with Crippen molar-refractivity contribution < 1.29 is 14.7 Å². The molecular weight excluding hydrogens is 256 g/mol. The highest BCUT2D eigenvalue weighted by atomic mass is 16.4. The number of carboxylic acid groups (broad SMARTS) is 1. The molecule has 1 aromatic carbocycles. The molecule has 20 heavy (non-hydrogen) atoms. The Morgan fingerprint density at radius 3 is 2.70 bits per heavy atom. The van der Waals surface area contributed by atoms with Crippen LogP contribution < -0.4 is 10.6 Å². The van der Waals surface area contributed by atoms with Gasteiger partial charge >= 0.3 is 5.97 Å². The molecule has 1 heterocycles. The summed E-state index contributed by atoms with van der Waals surface area (Å²) in [5, 5.41) is 8.98. The molecule has 1 aliphatic heterocycles. The van der Waals surface area contributed by atoms with Crippen LogP contribution in [0, 0.1) is 5.92 Å². The molecule has 1 aliphatic rings. The number of amides is 1. The molecule has 0 bridgehead atoms. The molecule has 0 saturated carbocycles. The Hall–Kier alpha value is -1.88. The normalized spacial score (nSPS) is 15.3. The molecule has 108 valence electrons. The van der Waals surface area contributed by atoms with Crippen molar-refractivity contribution in [2.45, 2.75) is 32.7 Å². The number of benzene rings is 1. The summed E-state index contributed by atoms with van der Waals surface area (Å²) in [6.07, 6.45) is 1.33. The van der Waals surface area contributed by atoms with Crippen molar-refractivity contribution in [3.8, 4) is 0 Å². The zero-order valence-corrected chi connectivity index (χ0v) is 11.8. The summed E-state index contributed by atoms with van der Waals surface area (Å²) in [6, 6.07) is 4.37. The van der Waals surface area contributed by atoms with Gasteiger partial charge in [0.1, 0.15) is 0 Å². The molecule has 1 unspecified atom stereocenters. The fourth-order valence-electron chi connectivity index (χ4n) is 2.57. The molecular formula is C15H20N2O3. The van der Waals surface area contributed by atoms with Crippen LogP contribution in [0.5, 0.6) is 0 Å². The van der Waals surface area contributed by atoms with Crippen LogP contribution in [0.25, 0.3) is 0 Å². The quantitative estimate of drug-likeness (QED) is 0.875. The molecule has 0 saturated heterocycles. The van der Waals surface area contributed by atoms with E-state index >= 15 is 0 Å². The third-order valence-corrected chi connectivity index (χ3v) is 3.53. The third kappa shape index (κ3) is 2.82. The molecule has 0 fully saturated rings. The van der Waals surface area contributed by atoms with E-state index in [-0.39, 0.29) is 11.5 Å². The summed E-state index contributed by atoms with van der Waals surface area (Å²) in [7, 11) is 0. The summed E-state index contributed by atoms with van der Waals surface area (Å²) in [5.41, 5.74) is 7.89. The number of anilines is 1. The minimum absolute atomic E-state index is 0.0828. The maximum Gasteiger partial charge on any atom is 0.335 e. The zero-order valence-electron chi connectivity index (χ0n) is 11.8. The van der Waals surface area contributed by atoms with Crippen LogP contribution in [0.1, 0.15) is 36.2 Å². The van der Waals surface area contributed by atoms with Gasteiger partial charge in [0.25, 0.3) is 0 Å². The van der Waals surface area contributed by atoms with Crippen molar-refractivity contribution in [3.05, 3.63) is 29.3 Å². The second-order valence-corrected chi connectivity index (χ2v) is 5.62. The number of fused-ring (bicyclic) bond motifs is 1. The van der Waals surface area contributed by atoms with Gasteiger partial charge in [-0.3, -0.25) is 4.79 Å². The van der Waals surface area contributed by atoms with Crippen LogP contribution in [0.4, 0.5) is 5.69 Å². The van der Waals surface area contributed by atoms with E-state index in [0.717, 1.165) is 11.3 Å². The third-order valence-electron chi connectivity index (χ3n) is 3.53. The van der Waals surface area contributed by atoms with Crippen LogP contribution in [0.3, 0.4) is 0 Å². The maximum atomic E-state index is 12.3. The first-order valence-corrected chi connectivity index (χ1v) is 6.83. The second kappa shape index (κ2) is 5.63. The SMILES string of the molecule is CC(C)CC(N)C(=O)N1CCc2cc(C(=O)O)ccc21. The largest absolute Gasteiger partial charge is 0.478 e. The van der Waals surface area contributed by atoms with E-state index in [1.54, 1.807) is 17.0 Å². The average molecular weight is 276 g/mol. The molecule has 5 nitrogen and oxygen atoms in total. The van der Waals surface area contributed by atoms with Crippen molar-refractivity contribution in [2.75, 3.05) is 11.4 Å². The molecule has 5 heteroatoms. The van der Waals surface area contributed by atoms with Gasteiger partial charge in [0.2, 0.25) is 5.91 Å². The standard InChI is InChI=1S/C15H20N2O3/c1-9(2)7-12(16)14(18)17-6-5-10-8-11(15(19)20)3-4-13(10)17/h3-4,8-9,12H,5-7,16H2,1-2H3,(H,19,20). The van der Waals surface area contributed by atoms with Crippen LogP contribution in [0.2, 0.25) is 0 Å². The van der Waals surface area contributed by atoms with Gasteiger partial charge in [-0.05, 0) is 42.5 Å². The smallest absolute Gasteiger partial charge is 0.335 e. The Morgan fingerprint density at radius 1 is 1.40 bits per heavy atom. The summed E-state index contributed by atoms with van der Waals surface area (Å²) >= 11 is 0. The lowest BCUT2D eigenvalue weighted by molar-refractivity contribution is -0.120. The van der Waals surface area contributed by atoms with Crippen molar-refractivity contribution >= 4 is 17.6 Å². The average Bonchev–Trinajstić information content (AvgIpc) is 2.79. The van der Waals surface area contributed by atoms with Crippen molar-refractivity contribution in [3.63, 3.8) is 0 Å². The van der Waals surface area contributed by atoms with E-state index in [2.05, 4.69) is 0 Å². The molecule has 2 rings (SSSR count). The van der Waals surface area contributed by atoms with Gasteiger partial charge in [0, 0.05) is 12.2 Å². The summed E-state index contributed by atoms with van der Waals surface area (Å²) in [5.74, 6) is -0.667. The van der Waals surface area contributed by atoms with E-state index in [4.69, 9.17) is 10.8 Å². The Kier molecular flexibility index (Phi) is 4.09. The second-order valence-electron chi connectivity index (χ2n) is 5.62. The van der Waals surface area contributed by atoms with E-state index in [1.807, 2.05) is 13.8 Å². The molecule has 0 aromatic heterocycles. The summed E-state index contributed by atoms with van der Waals surface area (Å²) in [6.45, 7) is 4.64. The fraction of sp³-hybridized carbons (Fsp3) is 0.467. The monoisotopic (exact) mass is 276 g/mol. The lowest BCUT2D eigenvalue weighted by Gasteiger charge is -2.22. The molecule has 0 aliphatic carbocycles. The van der Waals surface area contributed by atoms with Gasteiger partial charge in [-0.2, -0.15) is 0 Å². The number of nitrogens with two attached hydrogens (primary N) is 1. The van der Waals surface area contributed by atoms with Gasteiger partial charge in [0.15, 0.2) is 0 Å². The number of carbonyl (C=O) groups excluding carboxylic acids is 1. The summed E-state index contributed by atoms with van der Waals surface area (Å²) in [4.78, 5) is 25.0. The molecule has 1 atom stereocenters. The molecule has 0 radical (unpaired) electrons. The lowest BCUT2D eigenvalue weighted by Crippen LogP contribution is -2.43. The minimum Gasteiger partial charge on any atom is -0.478 e. The number of rotatable bonds is 4. The number of carbonyl (C=O) groups is 2. The highest BCUT2D eigenvalue weighted by Crippen LogP contribution is 2.29. The number of nitrogens with zero attached hydrogens (tertiary/aromatic N) is 1. The van der Waals surface area contributed by atoms with Gasteiger partial charge in [-0.1, -0.05) is 13.8 Å². The predicted octanol–water partition coefficient (Wildman–Crippen LogP) is 1.65. The van der Waals surface area contributed by atoms with Crippen LogP contribution in [0.15, 0.2) is 18.2 Å². The zero-order chi connectivity index (χ0) is 14.9. The Morgan fingerprint density at radius 2 is 2.10 bits per heavy atom. The van der Waals surface area contributed by atoms with Crippen molar-refractivity contribution in [2.24, 2.45) is 11.7 Å². The van der Waals surface area contributed by atoms with Crippen molar-refractivity contribution in [1.29, 1.82) is 0 Å². The topological polar surface area (TPSA) is 83.6 Å². The van der Waals surface area contributed by atoms with Gasteiger partial charge in [-0.25, -0.2) is 4.79 Å². The van der Waals surface area contributed by atoms with Crippen LogP contribution in [-0.2, 0) is 11.2 Å². The first-order chi connectivity index (χ1) is 9.40. The minimum atomic E-state index is -0.950. The predicted molar refractivity (Wildman–Crippen MR) is 76.9 cm³/mol. The summed E-state index contributed by atoms with van der Waals surface area (Å²) < 4.78 is 0. The van der Waals surface area contributed by atoms with Gasteiger partial charge in [0.05, 0.1) is 11.6 Å². The fourth-order valence-corrected chi connectivity index (χ4v) is 2.57. The van der Waals surface area contributed by atoms with Gasteiger partial charge in [-0.15, -0.1) is 0 Å². The number of hydrogen-bond acceptors (Lipinski definition) is 3. The Labute approximate surface area is 118 Å². The highest BCUT2D eigenvalue weighted by Gasteiger charge is 2.29. The Bertz CT molecular complexity index is 540. The van der Waals surface area contributed by atoms with E-state index < -0.39 is 12.0 Å². The maximum absolute atomic E-state index is 12.3. The highest BCUT2D eigenvalue weighted by molar-refractivity contribution is 5.99. The lowest BCUT2D eigenvalue weighted by atomic mass is 10.0. The van der Waals surface area contributed by atoms with E-state index in [9.17, 15) is 9.59 Å². The molecule has 1 aromatic rings. The van der Waals surface area contributed by atoms with Crippen LogP contribution >= 0.6 is 0 Å². The van der Waals surface area contributed by atoms with Crippen molar-refractivity contribution in [1.82, 2.24) is 0 Å². The van der Waals surface area contributed by atoms with Crippen LogP contribution in [-0.4, -0.2) is 29.6 Å². The number of aromatic carboxylic acids is 1. The number of hydrogen-bond donors (Lipinski definition) is 2. The van der Waals surface area contributed by atoms with E-state index in [0.29, 0.717) is 25.3 Å². The molecule has 3 N–H and O–H groups in total. The van der Waals surface area contributed by atoms with Gasteiger partial charge < -0.3 is 15.7 Å². The van der Waals surface area contributed by atoms with E-state index in [1.165, 1.54) is 6.07 Å².